The zero-order valence-corrected chi connectivity index (χ0v) is 28.5. The quantitative estimate of drug-likeness (QED) is 0.0641. The van der Waals surface area contributed by atoms with Crippen LogP contribution in [0.1, 0.15) is 22.8 Å². The number of anilines is 2. The van der Waals surface area contributed by atoms with Crippen molar-refractivity contribution in [1.29, 1.82) is 0 Å². The van der Waals surface area contributed by atoms with Gasteiger partial charge in [0.15, 0.2) is 0 Å². The van der Waals surface area contributed by atoms with Gasteiger partial charge in [-0.3, -0.25) is 48.6 Å². The van der Waals surface area contributed by atoms with E-state index in [4.69, 9.17) is 11.5 Å². The molecule has 0 amide bonds. The molecule has 17 heteroatoms. The standard InChI is InChI=1S/C36H39N7O10/c37-26-5-1-22(2-6-26)24-9-28(39-30(11-24)15-42(18-33(46)47)19-34(48)49)13-41(17-32(44)45)14-29-10-25(23-3-7-27(38)8-4-23)12-31(40-29)16-43(20-35(50)51)21-36(52)53/h1-12H,13-21,37-38H2,(H,44,45)(H,46,47)(H,48,49)(H,50,51)(H,52,53). The van der Waals surface area contributed by atoms with E-state index < -0.39 is 62.6 Å². The maximum absolute atomic E-state index is 12.1. The summed E-state index contributed by atoms with van der Waals surface area (Å²) in [7, 11) is 0. The highest BCUT2D eigenvalue weighted by Crippen LogP contribution is 2.26. The summed E-state index contributed by atoms with van der Waals surface area (Å²) in [5.41, 5.74) is 17.0. The lowest BCUT2D eigenvalue weighted by Gasteiger charge is -2.23. The van der Waals surface area contributed by atoms with Crippen LogP contribution in [0, 0.1) is 0 Å². The second-order valence-corrected chi connectivity index (χ2v) is 12.3. The fraction of sp³-hybridized carbons (Fsp3) is 0.250. The molecule has 0 aliphatic carbocycles. The lowest BCUT2D eigenvalue weighted by atomic mass is 10.0. The molecule has 53 heavy (non-hydrogen) atoms. The molecule has 17 nitrogen and oxygen atoms in total. The van der Waals surface area contributed by atoms with Crippen molar-refractivity contribution in [1.82, 2.24) is 24.7 Å². The zero-order valence-electron chi connectivity index (χ0n) is 28.5. The van der Waals surface area contributed by atoms with Gasteiger partial charge in [0.2, 0.25) is 0 Å². The minimum Gasteiger partial charge on any atom is -0.480 e. The normalized spacial score (nSPS) is 11.2. The summed E-state index contributed by atoms with van der Waals surface area (Å²) in [6.45, 7) is -3.04. The van der Waals surface area contributed by atoms with E-state index in [-0.39, 0.29) is 26.2 Å². The van der Waals surface area contributed by atoms with Crippen LogP contribution in [-0.4, -0.2) is 113 Å². The Labute approximate surface area is 303 Å². The van der Waals surface area contributed by atoms with E-state index in [9.17, 15) is 49.5 Å². The number of hydrogen-bond acceptors (Lipinski definition) is 12. The van der Waals surface area contributed by atoms with E-state index in [1.54, 1.807) is 77.7 Å². The Morgan fingerprint density at radius 2 is 0.660 bits per heavy atom. The molecule has 0 radical (unpaired) electrons. The molecule has 2 aromatic heterocycles. The second kappa shape index (κ2) is 18.2. The molecule has 278 valence electrons. The third-order valence-electron chi connectivity index (χ3n) is 7.69. The minimum absolute atomic E-state index is 0.0345. The number of carboxylic acids is 5. The summed E-state index contributed by atoms with van der Waals surface area (Å²) in [4.78, 5) is 71.4. The molecule has 0 bridgehead atoms. The van der Waals surface area contributed by atoms with Crippen molar-refractivity contribution in [3.8, 4) is 22.3 Å². The molecule has 2 heterocycles. The van der Waals surface area contributed by atoms with Crippen LogP contribution >= 0.6 is 0 Å². The van der Waals surface area contributed by atoms with Gasteiger partial charge >= 0.3 is 29.8 Å². The van der Waals surface area contributed by atoms with Crippen molar-refractivity contribution in [3.63, 3.8) is 0 Å². The summed E-state index contributed by atoms with van der Waals surface area (Å²) >= 11 is 0. The van der Waals surface area contributed by atoms with Crippen LogP contribution in [0.5, 0.6) is 0 Å². The van der Waals surface area contributed by atoms with Gasteiger partial charge in [0.25, 0.3) is 0 Å². The predicted octanol–water partition coefficient (Wildman–Crippen LogP) is 2.00. The molecule has 0 fully saturated rings. The molecule has 0 atom stereocenters. The van der Waals surface area contributed by atoms with Crippen molar-refractivity contribution in [3.05, 3.63) is 95.6 Å². The Bertz CT molecular complexity index is 1790. The topological polar surface area (TPSA) is 274 Å². The number of aromatic nitrogens is 2. The highest BCUT2D eigenvalue weighted by molar-refractivity contribution is 5.74. The van der Waals surface area contributed by atoms with Gasteiger partial charge in [-0.1, -0.05) is 24.3 Å². The third-order valence-corrected chi connectivity index (χ3v) is 7.69. The molecule has 4 rings (SSSR count). The van der Waals surface area contributed by atoms with Gasteiger partial charge in [0.1, 0.15) is 0 Å². The van der Waals surface area contributed by atoms with Gasteiger partial charge in [-0.05, 0) is 70.8 Å². The maximum atomic E-state index is 12.1. The number of rotatable bonds is 20. The minimum atomic E-state index is -1.23. The smallest absolute Gasteiger partial charge is 0.317 e. The number of nitrogen functional groups attached to an aromatic ring is 2. The van der Waals surface area contributed by atoms with Crippen LogP contribution in [0.4, 0.5) is 11.4 Å². The van der Waals surface area contributed by atoms with Crippen molar-refractivity contribution < 1.29 is 49.5 Å². The van der Waals surface area contributed by atoms with E-state index >= 15 is 0 Å². The summed E-state index contributed by atoms with van der Waals surface area (Å²) in [5.74, 6) is -6.06. The number of nitrogens with zero attached hydrogens (tertiary/aromatic N) is 5. The van der Waals surface area contributed by atoms with Crippen molar-refractivity contribution in [2.24, 2.45) is 0 Å². The van der Waals surface area contributed by atoms with Crippen LogP contribution in [0.3, 0.4) is 0 Å². The lowest BCUT2D eigenvalue weighted by molar-refractivity contribution is -0.144. The Morgan fingerprint density at radius 3 is 0.925 bits per heavy atom. The van der Waals surface area contributed by atoms with E-state index in [1.807, 2.05) is 0 Å². The van der Waals surface area contributed by atoms with Crippen molar-refractivity contribution >= 4 is 41.2 Å². The zero-order chi connectivity index (χ0) is 38.7. The van der Waals surface area contributed by atoms with Gasteiger partial charge in [-0.25, -0.2) is 0 Å². The van der Waals surface area contributed by atoms with Crippen LogP contribution in [0.25, 0.3) is 22.3 Å². The average Bonchev–Trinajstić information content (AvgIpc) is 3.03. The molecule has 0 aliphatic rings. The average molecular weight is 730 g/mol. The molecule has 2 aromatic carbocycles. The Morgan fingerprint density at radius 1 is 0.415 bits per heavy atom. The van der Waals surface area contributed by atoms with Crippen LogP contribution in [0.2, 0.25) is 0 Å². The van der Waals surface area contributed by atoms with E-state index in [1.165, 1.54) is 9.80 Å². The largest absolute Gasteiger partial charge is 0.480 e. The monoisotopic (exact) mass is 729 g/mol. The van der Waals surface area contributed by atoms with Gasteiger partial charge in [-0.15, -0.1) is 0 Å². The predicted molar refractivity (Wildman–Crippen MR) is 191 cm³/mol. The van der Waals surface area contributed by atoms with E-state index in [0.717, 1.165) is 11.1 Å². The number of benzene rings is 2. The molecule has 0 saturated carbocycles. The molecule has 0 unspecified atom stereocenters. The summed E-state index contributed by atoms with van der Waals surface area (Å²) in [5, 5.41) is 47.4. The highest BCUT2D eigenvalue weighted by atomic mass is 16.4. The first-order chi connectivity index (χ1) is 25.1. The second-order valence-electron chi connectivity index (χ2n) is 12.3. The fourth-order valence-electron chi connectivity index (χ4n) is 5.68. The van der Waals surface area contributed by atoms with E-state index in [2.05, 4.69) is 9.97 Å². The van der Waals surface area contributed by atoms with Crippen LogP contribution in [0.15, 0.2) is 72.8 Å². The number of hydrogen-bond donors (Lipinski definition) is 7. The highest BCUT2D eigenvalue weighted by Gasteiger charge is 2.20. The van der Waals surface area contributed by atoms with Crippen LogP contribution < -0.4 is 11.5 Å². The first-order valence-electron chi connectivity index (χ1n) is 16.1. The fourth-order valence-corrected chi connectivity index (χ4v) is 5.68. The molecular weight excluding hydrogens is 690 g/mol. The van der Waals surface area contributed by atoms with Gasteiger partial charge in [0, 0.05) is 37.6 Å². The SMILES string of the molecule is Nc1ccc(-c2cc(CN(CC(=O)O)CC(=O)O)nc(CN(CC(=O)O)Cc3cc(-c4ccc(N)cc4)cc(CN(CC(=O)O)CC(=O)O)n3)c2)cc1. The molecular formula is C36H39N7O10. The summed E-state index contributed by atoms with van der Waals surface area (Å²) < 4.78 is 0. The lowest BCUT2D eigenvalue weighted by Crippen LogP contribution is -2.34. The third kappa shape index (κ3) is 13.0. The first kappa shape index (κ1) is 39.4. The number of pyridine rings is 2. The summed E-state index contributed by atoms with van der Waals surface area (Å²) in [6, 6.07) is 20.7. The van der Waals surface area contributed by atoms with Gasteiger partial charge in [0.05, 0.1) is 55.5 Å². The van der Waals surface area contributed by atoms with Gasteiger partial charge < -0.3 is 37.0 Å². The van der Waals surface area contributed by atoms with E-state index in [0.29, 0.717) is 45.3 Å². The summed E-state index contributed by atoms with van der Waals surface area (Å²) in [6.07, 6.45) is 0. The molecule has 0 aliphatic heterocycles. The first-order valence-corrected chi connectivity index (χ1v) is 16.1. The van der Waals surface area contributed by atoms with Crippen molar-refractivity contribution in [2.75, 3.05) is 44.2 Å². The Balaban J connectivity index is 1.75. The van der Waals surface area contributed by atoms with Crippen molar-refractivity contribution in [2.45, 2.75) is 26.2 Å². The van der Waals surface area contributed by atoms with Gasteiger partial charge in [-0.2, -0.15) is 0 Å². The molecule has 9 N–H and O–H groups in total. The number of aliphatic carboxylic acids is 5. The van der Waals surface area contributed by atoms with Crippen LogP contribution in [-0.2, 0) is 50.2 Å². The number of carboxylic acid groups (broad SMARTS) is 5. The molecule has 4 aromatic rings. The Kier molecular flexibility index (Phi) is 13.5. The molecule has 0 spiro atoms. The number of nitrogens with two attached hydrogens (primary N) is 2. The number of carbonyl (C=O) groups is 5. The Hall–Kier alpha value is -6.43. The maximum Gasteiger partial charge on any atom is 0.317 e. The molecule has 0 saturated heterocycles.